The highest BCUT2D eigenvalue weighted by Gasteiger charge is 2.33. The molecule has 1 aromatic heterocycles. The lowest BCUT2D eigenvalue weighted by molar-refractivity contribution is 0.118. The maximum atomic E-state index is 12.1. The van der Waals surface area contributed by atoms with Crippen LogP contribution in [0.5, 0.6) is 0 Å². The number of unbranched alkanes of at least 4 members (excludes halogenated alkanes) is 9. The van der Waals surface area contributed by atoms with E-state index >= 15 is 0 Å². The number of pyridine rings is 1. The van der Waals surface area contributed by atoms with Gasteiger partial charge in [0.15, 0.2) is 0 Å². The van der Waals surface area contributed by atoms with E-state index in [1.807, 2.05) is 10.6 Å². The summed E-state index contributed by atoms with van der Waals surface area (Å²) >= 11 is 0. The third-order valence-electron chi connectivity index (χ3n) is 6.38. The summed E-state index contributed by atoms with van der Waals surface area (Å²) in [4.78, 5) is 14.8. The van der Waals surface area contributed by atoms with Crippen LogP contribution in [-0.4, -0.2) is 29.1 Å². The van der Waals surface area contributed by atoms with Crippen molar-refractivity contribution in [3.63, 3.8) is 0 Å². The fraction of sp³-hybridized carbons (Fsp3) is 0.783. The molecular formula is C23H38N2O. The standard InChI is InChI=1S/C23H38N2O/c1-2-3-4-5-6-7-8-9-10-11-15-24-17-20-16-21(19-24)22-13-12-14-23(26)25(22)18-20/h12-14,20-21H,2-11,15-19H2,1H3/t20-,21+/m1/s1. The number of hydrogen-bond donors (Lipinski definition) is 0. The number of rotatable bonds is 11. The molecule has 2 bridgehead atoms. The van der Waals surface area contributed by atoms with E-state index < -0.39 is 0 Å². The van der Waals surface area contributed by atoms with Crippen molar-refractivity contribution in [1.82, 2.24) is 9.47 Å². The summed E-state index contributed by atoms with van der Waals surface area (Å²) in [5, 5.41) is 0. The fourth-order valence-corrected chi connectivity index (χ4v) is 5.00. The summed E-state index contributed by atoms with van der Waals surface area (Å²) in [5.74, 6) is 1.24. The molecule has 1 aromatic rings. The minimum atomic E-state index is 0.195. The molecule has 2 aliphatic rings. The zero-order valence-electron chi connectivity index (χ0n) is 16.8. The van der Waals surface area contributed by atoms with Gasteiger partial charge in [0.25, 0.3) is 5.56 Å². The van der Waals surface area contributed by atoms with Gasteiger partial charge in [-0.3, -0.25) is 4.79 Å². The maximum absolute atomic E-state index is 12.1. The molecule has 0 radical (unpaired) electrons. The van der Waals surface area contributed by atoms with Crippen LogP contribution in [0.3, 0.4) is 0 Å². The Hall–Kier alpha value is -1.09. The van der Waals surface area contributed by atoms with Gasteiger partial charge >= 0.3 is 0 Å². The molecule has 0 unspecified atom stereocenters. The zero-order chi connectivity index (χ0) is 18.2. The molecule has 3 rings (SSSR count). The zero-order valence-corrected chi connectivity index (χ0v) is 16.8. The number of hydrogen-bond acceptors (Lipinski definition) is 2. The van der Waals surface area contributed by atoms with Crippen LogP contribution in [0.4, 0.5) is 0 Å². The monoisotopic (exact) mass is 358 g/mol. The number of nitrogens with zero attached hydrogens (tertiary/aromatic N) is 2. The van der Waals surface area contributed by atoms with Gasteiger partial charge in [-0.2, -0.15) is 0 Å². The van der Waals surface area contributed by atoms with Gasteiger partial charge in [-0.1, -0.05) is 70.8 Å². The molecule has 3 heteroatoms. The molecule has 2 atom stereocenters. The van der Waals surface area contributed by atoms with Gasteiger partial charge in [-0.25, -0.2) is 0 Å². The van der Waals surface area contributed by atoms with E-state index in [0.717, 1.165) is 13.1 Å². The SMILES string of the molecule is CCCCCCCCCCCCN1C[C@H]2C[C@@H](C1)c1cccc(=O)n1C2. The Balaban J connectivity index is 1.31. The van der Waals surface area contributed by atoms with E-state index in [2.05, 4.69) is 17.9 Å². The van der Waals surface area contributed by atoms with Crippen LogP contribution in [0, 0.1) is 5.92 Å². The van der Waals surface area contributed by atoms with Crippen LogP contribution in [0.2, 0.25) is 0 Å². The van der Waals surface area contributed by atoms with Gasteiger partial charge in [-0.15, -0.1) is 0 Å². The van der Waals surface area contributed by atoms with Crippen molar-refractivity contribution < 1.29 is 0 Å². The van der Waals surface area contributed by atoms with Crippen LogP contribution < -0.4 is 5.56 Å². The Bertz CT molecular complexity index is 594. The normalized spacial score (nSPS) is 22.3. The predicted molar refractivity (Wildman–Crippen MR) is 110 cm³/mol. The second-order valence-corrected chi connectivity index (χ2v) is 8.64. The van der Waals surface area contributed by atoms with Gasteiger partial charge in [0, 0.05) is 37.3 Å². The highest BCUT2D eigenvalue weighted by molar-refractivity contribution is 5.16. The van der Waals surface area contributed by atoms with E-state index in [1.54, 1.807) is 6.07 Å². The average Bonchev–Trinajstić information content (AvgIpc) is 2.64. The quantitative estimate of drug-likeness (QED) is 0.509. The molecule has 0 aromatic carbocycles. The van der Waals surface area contributed by atoms with Gasteiger partial charge in [0.1, 0.15) is 0 Å². The molecule has 0 amide bonds. The highest BCUT2D eigenvalue weighted by atomic mass is 16.1. The maximum Gasteiger partial charge on any atom is 0.250 e. The largest absolute Gasteiger partial charge is 0.312 e. The lowest BCUT2D eigenvalue weighted by Gasteiger charge is -2.42. The number of piperidine rings is 1. The first-order valence-electron chi connectivity index (χ1n) is 11.2. The highest BCUT2D eigenvalue weighted by Crippen LogP contribution is 2.34. The van der Waals surface area contributed by atoms with Crippen molar-refractivity contribution in [2.45, 2.75) is 90.0 Å². The summed E-state index contributed by atoms with van der Waals surface area (Å²) in [6.45, 7) is 6.81. The molecule has 146 valence electrons. The lowest BCUT2D eigenvalue weighted by Crippen LogP contribution is -2.47. The van der Waals surface area contributed by atoms with Gasteiger partial charge in [-0.05, 0) is 31.4 Å². The number of likely N-dealkylation sites (tertiary alicyclic amines) is 1. The van der Waals surface area contributed by atoms with Crippen LogP contribution in [0.1, 0.15) is 89.2 Å². The van der Waals surface area contributed by atoms with E-state index in [9.17, 15) is 4.79 Å². The Kier molecular flexibility index (Phi) is 7.79. The molecule has 3 nitrogen and oxygen atoms in total. The van der Waals surface area contributed by atoms with E-state index in [4.69, 9.17) is 0 Å². The molecular weight excluding hydrogens is 320 g/mol. The fourth-order valence-electron chi connectivity index (χ4n) is 5.00. The molecule has 0 saturated carbocycles. The summed E-state index contributed by atoms with van der Waals surface area (Å²) in [6, 6.07) is 5.83. The molecule has 1 saturated heterocycles. The molecule has 0 aliphatic carbocycles. The Morgan fingerprint density at radius 2 is 1.58 bits per heavy atom. The molecule has 0 spiro atoms. The van der Waals surface area contributed by atoms with Crippen LogP contribution in [0.25, 0.3) is 0 Å². The lowest BCUT2D eigenvalue weighted by atomic mass is 9.83. The Labute approximate surface area is 159 Å². The second-order valence-electron chi connectivity index (χ2n) is 8.64. The third-order valence-corrected chi connectivity index (χ3v) is 6.38. The Morgan fingerprint density at radius 3 is 2.31 bits per heavy atom. The average molecular weight is 359 g/mol. The van der Waals surface area contributed by atoms with E-state index in [1.165, 1.54) is 89.4 Å². The smallest absolute Gasteiger partial charge is 0.250 e. The molecule has 2 aliphatic heterocycles. The van der Waals surface area contributed by atoms with Crippen LogP contribution in [-0.2, 0) is 6.54 Å². The summed E-state index contributed by atoms with van der Waals surface area (Å²) in [7, 11) is 0. The van der Waals surface area contributed by atoms with Gasteiger partial charge in [0.05, 0.1) is 0 Å². The minimum Gasteiger partial charge on any atom is -0.312 e. The minimum absolute atomic E-state index is 0.195. The van der Waals surface area contributed by atoms with Crippen molar-refractivity contribution >= 4 is 0 Å². The summed E-state index contributed by atoms with van der Waals surface area (Å²) in [6.07, 6.45) is 15.3. The topological polar surface area (TPSA) is 25.2 Å². The first kappa shape index (κ1) is 19.7. The number of aromatic nitrogens is 1. The predicted octanol–water partition coefficient (Wildman–Crippen LogP) is 5.19. The van der Waals surface area contributed by atoms with Crippen molar-refractivity contribution in [2.75, 3.05) is 19.6 Å². The molecule has 3 heterocycles. The first-order valence-corrected chi connectivity index (χ1v) is 11.2. The van der Waals surface area contributed by atoms with E-state index in [0.29, 0.717) is 11.8 Å². The van der Waals surface area contributed by atoms with Crippen LogP contribution in [0.15, 0.2) is 23.0 Å². The molecule has 1 fully saturated rings. The second kappa shape index (κ2) is 10.3. The van der Waals surface area contributed by atoms with Crippen molar-refractivity contribution in [1.29, 1.82) is 0 Å². The summed E-state index contributed by atoms with van der Waals surface area (Å²) in [5.41, 5.74) is 1.47. The number of fused-ring (bicyclic) bond motifs is 4. The van der Waals surface area contributed by atoms with Crippen LogP contribution >= 0.6 is 0 Å². The Morgan fingerprint density at radius 1 is 0.885 bits per heavy atom. The third kappa shape index (κ3) is 5.45. The van der Waals surface area contributed by atoms with Gasteiger partial charge < -0.3 is 9.47 Å². The first-order chi connectivity index (χ1) is 12.8. The summed E-state index contributed by atoms with van der Waals surface area (Å²) < 4.78 is 2.04. The van der Waals surface area contributed by atoms with Crippen molar-refractivity contribution in [3.8, 4) is 0 Å². The molecule has 0 N–H and O–H groups in total. The van der Waals surface area contributed by atoms with Crippen molar-refractivity contribution in [3.05, 3.63) is 34.2 Å². The van der Waals surface area contributed by atoms with Gasteiger partial charge in [0.2, 0.25) is 0 Å². The van der Waals surface area contributed by atoms with Crippen molar-refractivity contribution in [2.24, 2.45) is 5.92 Å². The van der Waals surface area contributed by atoms with E-state index in [-0.39, 0.29) is 5.56 Å². The molecule has 26 heavy (non-hydrogen) atoms.